The molecule has 0 aliphatic heterocycles. The standard InChI is InChI=1S/C42H31N/c1-5-16-33(17-6-1)41(42(34-18-7-2-8-19-34)37-26-25-32-15-13-14-20-36(32)31-37)35-27-29-40(30-28-35)43(38-21-9-3-10-22-38)39-23-11-4-12-24-39/h1-31H/b42-41+. The van der Waals surface area contributed by atoms with Crippen LogP contribution in [0.2, 0.25) is 0 Å². The Morgan fingerprint density at radius 2 is 0.651 bits per heavy atom. The fourth-order valence-corrected chi connectivity index (χ4v) is 5.84. The number of para-hydroxylation sites is 2. The van der Waals surface area contributed by atoms with Gasteiger partial charge in [-0.05, 0) is 86.6 Å². The molecule has 0 bridgehead atoms. The number of anilines is 3. The van der Waals surface area contributed by atoms with Crippen molar-refractivity contribution in [2.75, 3.05) is 4.90 Å². The van der Waals surface area contributed by atoms with Crippen molar-refractivity contribution >= 4 is 39.0 Å². The molecule has 0 spiro atoms. The number of hydrogen-bond acceptors (Lipinski definition) is 1. The van der Waals surface area contributed by atoms with E-state index in [2.05, 4.69) is 193 Å². The summed E-state index contributed by atoms with van der Waals surface area (Å²) < 4.78 is 0. The Bertz CT molecular complexity index is 1940. The monoisotopic (exact) mass is 549 g/mol. The van der Waals surface area contributed by atoms with Crippen molar-refractivity contribution in [1.82, 2.24) is 0 Å². The molecule has 0 amide bonds. The zero-order valence-corrected chi connectivity index (χ0v) is 23.8. The fourth-order valence-electron chi connectivity index (χ4n) is 5.84. The smallest absolute Gasteiger partial charge is 0.0462 e. The third kappa shape index (κ3) is 5.49. The van der Waals surface area contributed by atoms with E-state index in [1.54, 1.807) is 0 Å². The molecule has 0 aliphatic rings. The molecule has 7 aromatic carbocycles. The second-order valence-electron chi connectivity index (χ2n) is 10.6. The molecule has 1 heteroatoms. The maximum atomic E-state index is 2.32. The first-order valence-corrected chi connectivity index (χ1v) is 14.7. The van der Waals surface area contributed by atoms with Gasteiger partial charge in [-0.25, -0.2) is 0 Å². The van der Waals surface area contributed by atoms with Crippen LogP contribution in [-0.2, 0) is 0 Å². The summed E-state index contributed by atoms with van der Waals surface area (Å²) >= 11 is 0. The van der Waals surface area contributed by atoms with Crippen LogP contribution in [0.3, 0.4) is 0 Å². The summed E-state index contributed by atoms with van der Waals surface area (Å²) in [6, 6.07) is 67.0. The molecular formula is C42H31N. The third-order valence-corrected chi connectivity index (χ3v) is 7.86. The second-order valence-corrected chi connectivity index (χ2v) is 10.6. The van der Waals surface area contributed by atoms with Crippen molar-refractivity contribution in [3.8, 4) is 0 Å². The molecule has 0 aromatic heterocycles. The van der Waals surface area contributed by atoms with Crippen LogP contribution in [0.1, 0.15) is 22.3 Å². The largest absolute Gasteiger partial charge is 0.311 e. The zero-order valence-electron chi connectivity index (χ0n) is 23.8. The van der Waals surface area contributed by atoms with Gasteiger partial charge in [0.25, 0.3) is 0 Å². The highest BCUT2D eigenvalue weighted by atomic mass is 15.1. The van der Waals surface area contributed by atoms with Crippen molar-refractivity contribution in [3.05, 3.63) is 210 Å². The van der Waals surface area contributed by atoms with E-state index < -0.39 is 0 Å². The predicted octanol–water partition coefficient (Wildman–Crippen LogP) is 11.3. The van der Waals surface area contributed by atoms with Crippen LogP contribution in [0.4, 0.5) is 17.1 Å². The fraction of sp³-hybridized carbons (Fsp3) is 0. The van der Waals surface area contributed by atoms with Crippen molar-refractivity contribution in [2.45, 2.75) is 0 Å². The van der Waals surface area contributed by atoms with Gasteiger partial charge in [-0.3, -0.25) is 0 Å². The van der Waals surface area contributed by atoms with Crippen molar-refractivity contribution in [1.29, 1.82) is 0 Å². The first kappa shape index (κ1) is 26.3. The van der Waals surface area contributed by atoms with Crippen molar-refractivity contribution in [3.63, 3.8) is 0 Å². The van der Waals surface area contributed by atoms with Gasteiger partial charge in [0.15, 0.2) is 0 Å². The van der Waals surface area contributed by atoms with Crippen LogP contribution in [-0.4, -0.2) is 0 Å². The Hall–Kier alpha value is -5.66. The first-order valence-electron chi connectivity index (χ1n) is 14.7. The highest BCUT2D eigenvalue weighted by Gasteiger charge is 2.18. The van der Waals surface area contributed by atoms with E-state index >= 15 is 0 Å². The predicted molar refractivity (Wildman–Crippen MR) is 183 cm³/mol. The van der Waals surface area contributed by atoms with Crippen LogP contribution < -0.4 is 4.90 Å². The SMILES string of the molecule is c1ccc(/C(=C(/c2ccccc2)c2ccc3ccccc3c2)c2ccc(N(c3ccccc3)c3ccccc3)cc2)cc1. The minimum atomic E-state index is 1.11. The molecular weight excluding hydrogens is 518 g/mol. The van der Waals surface area contributed by atoms with Gasteiger partial charge in [0.05, 0.1) is 0 Å². The van der Waals surface area contributed by atoms with Gasteiger partial charge >= 0.3 is 0 Å². The van der Waals surface area contributed by atoms with Crippen LogP contribution in [0, 0.1) is 0 Å². The molecule has 7 aromatic rings. The van der Waals surface area contributed by atoms with Crippen molar-refractivity contribution < 1.29 is 0 Å². The Kier molecular flexibility index (Phi) is 7.36. The van der Waals surface area contributed by atoms with Crippen molar-refractivity contribution in [2.24, 2.45) is 0 Å². The number of benzene rings is 7. The number of rotatable bonds is 7. The van der Waals surface area contributed by atoms with Gasteiger partial charge in [0.1, 0.15) is 0 Å². The summed E-state index contributed by atoms with van der Waals surface area (Å²) in [5, 5.41) is 2.48. The molecule has 0 fully saturated rings. The Balaban J connectivity index is 1.44. The summed E-state index contributed by atoms with van der Waals surface area (Å²) in [4.78, 5) is 2.30. The summed E-state index contributed by atoms with van der Waals surface area (Å²) in [5.41, 5.74) is 10.5. The maximum absolute atomic E-state index is 2.32. The Morgan fingerprint density at radius 1 is 0.279 bits per heavy atom. The second kappa shape index (κ2) is 12.1. The van der Waals surface area contributed by atoms with Gasteiger partial charge in [0.2, 0.25) is 0 Å². The molecule has 7 rings (SSSR count). The average Bonchev–Trinajstić information content (AvgIpc) is 3.09. The molecule has 0 heterocycles. The molecule has 0 unspecified atom stereocenters. The number of hydrogen-bond donors (Lipinski definition) is 0. The van der Waals surface area contributed by atoms with Gasteiger partial charge in [-0.1, -0.05) is 146 Å². The molecule has 0 radical (unpaired) electrons. The normalized spacial score (nSPS) is 11.6. The molecule has 0 atom stereocenters. The molecule has 43 heavy (non-hydrogen) atoms. The Labute approximate surface area is 253 Å². The van der Waals surface area contributed by atoms with E-state index in [-0.39, 0.29) is 0 Å². The van der Waals surface area contributed by atoms with E-state index in [0.717, 1.165) is 17.1 Å². The molecule has 0 N–H and O–H groups in total. The lowest BCUT2D eigenvalue weighted by Gasteiger charge is -2.26. The highest BCUT2D eigenvalue weighted by Crippen LogP contribution is 2.40. The summed E-state index contributed by atoms with van der Waals surface area (Å²) in [7, 11) is 0. The van der Waals surface area contributed by atoms with Crippen LogP contribution >= 0.6 is 0 Å². The highest BCUT2D eigenvalue weighted by molar-refractivity contribution is 6.06. The number of nitrogens with zero attached hydrogens (tertiary/aromatic N) is 1. The third-order valence-electron chi connectivity index (χ3n) is 7.86. The lowest BCUT2D eigenvalue weighted by atomic mass is 9.85. The zero-order chi connectivity index (χ0) is 28.8. The molecule has 0 saturated heterocycles. The van der Waals surface area contributed by atoms with Gasteiger partial charge in [0, 0.05) is 17.1 Å². The topological polar surface area (TPSA) is 3.24 Å². The lowest BCUT2D eigenvalue weighted by Crippen LogP contribution is -2.09. The minimum absolute atomic E-state index is 1.11. The lowest BCUT2D eigenvalue weighted by molar-refractivity contribution is 1.28. The first-order chi connectivity index (χ1) is 21.3. The molecule has 0 aliphatic carbocycles. The molecule has 0 saturated carbocycles. The van der Waals surface area contributed by atoms with Crippen LogP contribution in [0.15, 0.2) is 188 Å². The Morgan fingerprint density at radius 3 is 1.19 bits per heavy atom. The van der Waals surface area contributed by atoms with E-state index in [1.165, 1.54) is 44.2 Å². The van der Waals surface area contributed by atoms with E-state index in [9.17, 15) is 0 Å². The van der Waals surface area contributed by atoms with E-state index in [0.29, 0.717) is 0 Å². The summed E-state index contributed by atoms with van der Waals surface area (Å²) in [6.45, 7) is 0. The minimum Gasteiger partial charge on any atom is -0.311 e. The molecule has 1 nitrogen and oxygen atoms in total. The summed E-state index contributed by atoms with van der Waals surface area (Å²) in [5.74, 6) is 0. The van der Waals surface area contributed by atoms with Crippen LogP contribution in [0.25, 0.3) is 21.9 Å². The molecule has 204 valence electrons. The van der Waals surface area contributed by atoms with Gasteiger partial charge in [-0.2, -0.15) is 0 Å². The van der Waals surface area contributed by atoms with E-state index in [4.69, 9.17) is 0 Å². The quantitative estimate of drug-likeness (QED) is 0.179. The van der Waals surface area contributed by atoms with Gasteiger partial charge < -0.3 is 4.90 Å². The van der Waals surface area contributed by atoms with E-state index in [1.807, 2.05) is 0 Å². The van der Waals surface area contributed by atoms with Crippen LogP contribution in [0.5, 0.6) is 0 Å². The number of fused-ring (bicyclic) bond motifs is 1. The average molecular weight is 550 g/mol. The maximum Gasteiger partial charge on any atom is 0.0462 e. The summed E-state index contributed by atoms with van der Waals surface area (Å²) in [6.07, 6.45) is 0. The van der Waals surface area contributed by atoms with Gasteiger partial charge in [-0.15, -0.1) is 0 Å².